The third-order valence-electron chi connectivity index (χ3n) is 3.41. The molecule has 0 bridgehead atoms. The zero-order valence-electron chi connectivity index (χ0n) is 12.0. The molecule has 116 valence electrons. The van der Waals surface area contributed by atoms with Gasteiger partial charge in [-0.3, -0.25) is 4.79 Å². The number of ketones is 1. The van der Waals surface area contributed by atoms with Crippen molar-refractivity contribution >= 4 is 34.9 Å². The summed E-state index contributed by atoms with van der Waals surface area (Å²) in [4.78, 5) is 19.3. The first-order valence-corrected chi connectivity index (χ1v) is 7.66. The Labute approximate surface area is 143 Å². The second-order valence-electron chi connectivity index (χ2n) is 5.14. The molecule has 0 spiro atoms. The first kappa shape index (κ1) is 15.6. The molecule has 1 aromatic heterocycles. The molecule has 0 aliphatic heterocycles. The van der Waals surface area contributed by atoms with E-state index in [4.69, 9.17) is 28.9 Å². The van der Waals surface area contributed by atoms with Crippen LogP contribution in [0.3, 0.4) is 0 Å². The molecule has 0 fully saturated rings. The van der Waals surface area contributed by atoms with Crippen molar-refractivity contribution in [3.8, 4) is 11.3 Å². The number of Topliss-reactive ketones (excluding diaryl/α,β-unsaturated/α-hetero) is 1. The standard InChI is InChI=1S/C17H13Cl2N3O/c18-13-6-12(7-14(19)8-13)16(23)5-10-1-3-11(4-2-10)15-9-21-17(20)22-15/h1-4,6-9H,5H2,(H3,20,21,22). The fraction of sp³-hybridized carbons (Fsp3) is 0.0588. The van der Waals surface area contributed by atoms with Crippen LogP contribution < -0.4 is 5.73 Å². The maximum Gasteiger partial charge on any atom is 0.197 e. The number of benzene rings is 2. The number of aromatic nitrogens is 2. The average molecular weight is 346 g/mol. The third-order valence-corrected chi connectivity index (χ3v) is 3.85. The van der Waals surface area contributed by atoms with Crippen LogP contribution in [-0.2, 0) is 6.42 Å². The van der Waals surface area contributed by atoms with Gasteiger partial charge in [0, 0.05) is 22.0 Å². The highest BCUT2D eigenvalue weighted by Crippen LogP contribution is 2.22. The number of carbonyl (C=O) groups is 1. The van der Waals surface area contributed by atoms with E-state index in [1.54, 1.807) is 24.4 Å². The quantitative estimate of drug-likeness (QED) is 0.688. The minimum atomic E-state index is -0.0343. The second-order valence-corrected chi connectivity index (χ2v) is 6.01. The number of nitrogens with one attached hydrogen (secondary N) is 1. The van der Waals surface area contributed by atoms with Crippen molar-refractivity contribution in [1.29, 1.82) is 0 Å². The predicted octanol–water partition coefficient (Wildman–Crippen LogP) is 4.39. The number of imidazole rings is 1. The average Bonchev–Trinajstić information content (AvgIpc) is 2.93. The van der Waals surface area contributed by atoms with Crippen LogP contribution in [0.1, 0.15) is 15.9 Å². The summed E-state index contributed by atoms with van der Waals surface area (Å²) >= 11 is 11.9. The molecule has 0 saturated carbocycles. The molecule has 2 aromatic carbocycles. The molecular weight excluding hydrogens is 333 g/mol. The molecule has 6 heteroatoms. The summed E-state index contributed by atoms with van der Waals surface area (Å²) in [6.45, 7) is 0. The lowest BCUT2D eigenvalue weighted by atomic mass is 10.0. The Hall–Kier alpha value is -2.30. The van der Waals surface area contributed by atoms with E-state index in [1.165, 1.54) is 0 Å². The van der Waals surface area contributed by atoms with Gasteiger partial charge in [0.25, 0.3) is 0 Å². The maximum absolute atomic E-state index is 12.3. The molecule has 3 aromatic rings. The van der Waals surface area contributed by atoms with Gasteiger partial charge in [-0.2, -0.15) is 0 Å². The van der Waals surface area contributed by atoms with Crippen molar-refractivity contribution in [3.63, 3.8) is 0 Å². The van der Waals surface area contributed by atoms with Crippen LogP contribution in [0.2, 0.25) is 10.0 Å². The van der Waals surface area contributed by atoms with Crippen molar-refractivity contribution in [1.82, 2.24) is 9.97 Å². The van der Waals surface area contributed by atoms with Crippen molar-refractivity contribution in [3.05, 3.63) is 69.8 Å². The van der Waals surface area contributed by atoms with Gasteiger partial charge in [0.1, 0.15) is 0 Å². The highest BCUT2D eigenvalue weighted by molar-refractivity contribution is 6.35. The van der Waals surface area contributed by atoms with E-state index in [-0.39, 0.29) is 12.2 Å². The molecule has 1 heterocycles. The largest absolute Gasteiger partial charge is 0.369 e. The van der Waals surface area contributed by atoms with E-state index in [0.29, 0.717) is 21.6 Å². The molecule has 0 aliphatic carbocycles. The number of nitrogens with zero attached hydrogens (tertiary/aromatic N) is 1. The minimum absolute atomic E-state index is 0.0343. The summed E-state index contributed by atoms with van der Waals surface area (Å²) in [5.74, 6) is 0.338. The van der Waals surface area contributed by atoms with Crippen LogP contribution >= 0.6 is 23.2 Å². The van der Waals surface area contributed by atoms with Crippen molar-refractivity contribution in [2.24, 2.45) is 0 Å². The Morgan fingerprint density at radius 2 is 1.74 bits per heavy atom. The molecule has 3 N–H and O–H groups in total. The number of nitrogen functional groups attached to an aromatic ring is 1. The molecule has 0 amide bonds. The van der Waals surface area contributed by atoms with Crippen LogP contribution in [-0.4, -0.2) is 15.8 Å². The van der Waals surface area contributed by atoms with Gasteiger partial charge in [-0.05, 0) is 29.3 Å². The number of nitrogens with two attached hydrogens (primary N) is 1. The molecule has 3 rings (SSSR count). The van der Waals surface area contributed by atoms with Crippen molar-refractivity contribution in [2.45, 2.75) is 6.42 Å². The Morgan fingerprint density at radius 3 is 2.30 bits per heavy atom. The Balaban J connectivity index is 1.76. The number of rotatable bonds is 4. The number of aromatic amines is 1. The second kappa shape index (κ2) is 6.44. The topological polar surface area (TPSA) is 71.8 Å². The Morgan fingerprint density at radius 1 is 1.09 bits per heavy atom. The number of carbonyl (C=O) groups excluding carboxylic acids is 1. The van der Waals surface area contributed by atoms with Gasteiger partial charge in [-0.15, -0.1) is 0 Å². The lowest BCUT2D eigenvalue weighted by Crippen LogP contribution is -2.03. The van der Waals surface area contributed by atoms with Gasteiger partial charge in [0.2, 0.25) is 0 Å². The van der Waals surface area contributed by atoms with Gasteiger partial charge in [0.15, 0.2) is 11.7 Å². The number of hydrogen-bond acceptors (Lipinski definition) is 3. The normalized spacial score (nSPS) is 10.7. The van der Waals surface area contributed by atoms with E-state index < -0.39 is 0 Å². The monoisotopic (exact) mass is 345 g/mol. The fourth-order valence-corrected chi connectivity index (χ4v) is 2.81. The molecule has 0 atom stereocenters. The van der Waals surface area contributed by atoms with E-state index in [2.05, 4.69) is 9.97 Å². The van der Waals surface area contributed by atoms with E-state index in [9.17, 15) is 4.79 Å². The van der Waals surface area contributed by atoms with Crippen LogP contribution in [0.4, 0.5) is 5.95 Å². The molecule has 0 saturated heterocycles. The highest BCUT2D eigenvalue weighted by Gasteiger charge is 2.10. The van der Waals surface area contributed by atoms with Crippen molar-refractivity contribution in [2.75, 3.05) is 5.73 Å². The molecule has 0 aliphatic rings. The molecular formula is C17H13Cl2N3O. The van der Waals surface area contributed by atoms with Crippen LogP contribution in [0, 0.1) is 0 Å². The third kappa shape index (κ3) is 3.73. The van der Waals surface area contributed by atoms with Crippen LogP contribution in [0.15, 0.2) is 48.7 Å². The number of halogens is 2. The zero-order chi connectivity index (χ0) is 16.4. The Bertz CT molecular complexity index is 836. The van der Waals surface area contributed by atoms with Gasteiger partial charge in [0.05, 0.1) is 11.9 Å². The number of H-pyrrole nitrogens is 1. The Kier molecular flexibility index (Phi) is 4.37. The lowest BCUT2D eigenvalue weighted by molar-refractivity contribution is 0.0993. The summed E-state index contributed by atoms with van der Waals surface area (Å²) in [7, 11) is 0. The van der Waals surface area contributed by atoms with Crippen LogP contribution in [0.5, 0.6) is 0 Å². The zero-order valence-corrected chi connectivity index (χ0v) is 13.5. The minimum Gasteiger partial charge on any atom is -0.369 e. The summed E-state index contributed by atoms with van der Waals surface area (Å²) in [6, 6.07) is 12.5. The SMILES string of the molecule is Nc1ncc(-c2ccc(CC(=O)c3cc(Cl)cc(Cl)c3)cc2)[nH]1. The van der Waals surface area contributed by atoms with E-state index in [1.807, 2.05) is 24.3 Å². The summed E-state index contributed by atoms with van der Waals surface area (Å²) in [5.41, 5.74) is 8.77. The van der Waals surface area contributed by atoms with Gasteiger partial charge in [-0.1, -0.05) is 47.5 Å². The molecule has 0 unspecified atom stereocenters. The van der Waals surface area contributed by atoms with E-state index >= 15 is 0 Å². The maximum atomic E-state index is 12.3. The fourth-order valence-electron chi connectivity index (χ4n) is 2.29. The van der Waals surface area contributed by atoms with Gasteiger partial charge >= 0.3 is 0 Å². The van der Waals surface area contributed by atoms with Gasteiger partial charge < -0.3 is 10.7 Å². The highest BCUT2D eigenvalue weighted by atomic mass is 35.5. The molecule has 0 radical (unpaired) electrons. The summed E-state index contributed by atoms with van der Waals surface area (Å²) in [5, 5.41) is 0.904. The number of hydrogen-bond donors (Lipinski definition) is 2. The summed E-state index contributed by atoms with van der Waals surface area (Å²) < 4.78 is 0. The first-order chi connectivity index (χ1) is 11.0. The summed E-state index contributed by atoms with van der Waals surface area (Å²) in [6.07, 6.45) is 1.95. The molecule has 23 heavy (non-hydrogen) atoms. The predicted molar refractivity (Wildman–Crippen MR) is 92.9 cm³/mol. The number of anilines is 1. The first-order valence-electron chi connectivity index (χ1n) is 6.90. The lowest BCUT2D eigenvalue weighted by Gasteiger charge is -2.04. The van der Waals surface area contributed by atoms with Gasteiger partial charge in [-0.25, -0.2) is 4.98 Å². The molecule has 4 nitrogen and oxygen atoms in total. The smallest absolute Gasteiger partial charge is 0.197 e. The van der Waals surface area contributed by atoms with E-state index in [0.717, 1.165) is 16.8 Å². The van der Waals surface area contributed by atoms with Crippen LogP contribution in [0.25, 0.3) is 11.3 Å². The van der Waals surface area contributed by atoms with Crippen molar-refractivity contribution < 1.29 is 4.79 Å².